The van der Waals surface area contributed by atoms with Gasteiger partial charge in [-0.05, 0) is 19.3 Å². The smallest absolute Gasteiger partial charge is 0.325 e. The van der Waals surface area contributed by atoms with Crippen molar-refractivity contribution in [3.8, 4) is 0 Å². The van der Waals surface area contributed by atoms with E-state index >= 15 is 0 Å². The monoisotopic (exact) mass is 1390 g/mol. The first kappa shape index (κ1) is 83.1. The highest BCUT2D eigenvalue weighted by molar-refractivity contribution is 7.51. The van der Waals surface area contributed by atoms with Gasteiger partial charge in [0.05, 0.1) is 77.1 Å². The minimum Gasteiger partial charge on any atom is -0.390 e. The maximum atomic E-state index is 13.2. The summed E-state index contributed by atoms with van der Waals surface area (Å²) in [6.45, 7) is 5.48. The molecule has 0 aromatic rings. The van der Waals surface area contributed by atoms with Crippen molar-refractivity contribution < 1.29 is 150 Å². The van der Waals surface area contributed by atoms with Gasteiger partial charge >= 0.3 is 7.60 Å². The summed E-state index contributed by atoms with van der Waals surface area (Å²) in [5, 5.41) is 102. The fraction of sp³-hybridized carbons (Fsp3) is 0.862. The van der Waals surface area contributed by atoms with Crippen LogP contribution in [0.3, 0.4) is 0 Å². The first-order valence-corrected chi connectivity index (χ1v) is 33.9. The van der Waals surface area contributed by atoms with Gasteiger partial charge in [-0.15, -0.1) is 0 Å². The third kappa shape index (κ3) is 30.4. The Labute approximate surface area is 549 Å². The summed E-state index contributed by atoms with van der Waals surface area (Å²) < 4.78 is 79.2. The van der Waals surface area contributed by atoms with Crippen LogP contribution in [0.5, 0.6) is 0 Å². The van der Waals surface area contributed by atoms with E-state index in [4.69, 9.17) is 56.6 Å². The van der Waals surface area contributed by atoms with E-state index in [9.17, 15) is 93.8 Å². The molecule has 4 heterocycles. The molecule has 4 saturated heterocycles. The molecule has 0 saturated carbocycles. The normalized spacial score (nSPS) is 31.5. The molecule has 95 heavy (non-hydrogen) atoms. The highest BCUT2D eigenvalue weighted by Crippen LogP contribution is 2.37. The van der Waals surface area contributed by atoms with Crippen LogP contribution in [-0.2, 0) is 99.6 Å². The lowest BCUT2D eigenvalue weighted by Gasteiger charge is -2.44. The first-order chi connectivity index (χ1) is 45.0. The van der Waals surface area contributed by atoms with Gasteiger partial charge in [-0.2, -0.15) is 0 Å². The summed E-state index contributed by atoms with van der Waals surface area (Å²) in [4.78, 5) is 112. The molecule has 0 aliphatic carbocycles. The van der Waals surface area contributed by atoms with Crippen LogP contribution in [-0.4, -0.2) is 283 Å². The lowest BCUT2D eigenvalue weighted by molar-refractivity contribution is -0.347. The Hall–Kier alpha value is -4.29. The Morgan fingerprint density at radius 1 is 0.358 bits per heavy atom. The zero-order valence-electron chi connectivity index (χ0n) is 54.2. The van der Waals surface area contributed by atoms with Gasteiger partial charge in [-0.25, -0.2) is 0 Å². The van der Waals surface area contributed by atoms with Crippen LogP contribution in [0.15, 0.2) is 0 Å². The molecule has 36 nitrogen and oxygen atoms in total. The summed E-state index contributed by atoms with van der Waals surface area (Å²) >= 11 is 0. The minimum absolute atomic E-state index is 0.00179. The quantitative estimate of drug-likeness (QED) is 0.0118. The van der Waals surface area contributed by atoms with Crippen molar-refractivity contribution in [3.05, 3.63) is 0 Å². The predicted octanol–water partition coefficient (Wildman–Crippen LogP) is -4.60. The van der Waals surface area contributed by atoms with Crippen molar-refractivity contribution >= 4 is 54.5 Å². The molecule has 4 fully saturated rings. The van der Waals surface area contributed by atoms with Crippen molar-refractivity contribution in [1.29, 1.82) is 0 Å². The van der Waals surface area contributed by atoms with Crippen molar-refractivity contribution in [2.75, 3.05) is 85.8 Å². The Bertz CT molecular complexity index is 2420. The number of aliphatic hydroxyl groups excluding tert-OH is 9. The summed E-state index contributed by atoms with van der Waals surface area (Å²) in [6, 6.07) is 0. The molecule has 15 N–H and O–H groups in total. The Kier molecular flexibility index (Phi) is 37.9. The zero-order chi connectivity index (χ0) is 70.4. The van der Waals surface area contributed by atoms with Gasteiger partial charge in [-0.3, -0.25) is 42.9 Å². The zero-order valence-corrected chi connectivity index (χ0v) is 55.1. The van der Waals surface area contributed by atoms with Crippen LogP contribution in [0, 0.1) is 23.7 Å². The number of aliphatic hydroxyl groups is 9. The van der Waals surface area contributed by atoms with Gasteiger partial charge in [0.15, 0.2) is 50.3 Å². The van der Waals surface area contributed by atoms with Crippen molar-refractivity contribution in [1.82, 2.24) is 26.6 Å². The molecule has 0 radical (unpaired) electrons. The molecule has 21 atom stereocenters. The van der Waals surface area contributed by atoms with Gasteiger partial charge < -0.3 is 134 Å². The molecule has 0 bridgehead atoms. The molecule has 37 heteroatoms. The number of carbonyl (C=O) groups is 8. The van der Waals surface area contributed by atoms with Crippen LogP contribution in [0.25, 0.3) is 0 Å². The summed E-state index contributed by atoms with van der Waals surface area (Å²) in [5.41, 5.74) is 0. The Balaban J connectivity index is 1.37. The van der Waals surface area contributed by atoms with Gasteiger partial charge in [0.2, 0.25) is 29.5 Å². The first-order valence-electron chi connectivity index (χ1n) is 31.9. The fourth-order valence-electron chi connectivity index (χ4n) is 9.96. The molecule has 4 rings (SSSR count). The van der Waals surface area contributed by atoms with Crippen molar-refractivity contribution in [3.63, 3.8) is 0 Å². The second kappa shape index (κ2) is 43.3. The van der Waals surface area contributed by atoms with E-state index in [1.807, 2.05) is 0 Å². The van der Waals surface area contributed by atoms with E-state index in [0.717, 1.165) is 6.66 Å². The van der Waals surface area contributed by atoms with Gasteiger partial charge in [0.1, 0.15) is 54.9 Å². The van der Waals surface area contributed by atoms with E-state index < -0.39 is 173 Å². The van der Waals surface area contributed by atoms with E-state index in [0.29, 0.717) is 12.8 Å². The number of hydrogen-bond donors (Lipinski definition) is 15. The third-order valence-electron chi connectivity index (χ3n) is 15.8. The topological polar surface area (TPSA) is 527 Å². The van der Waals surface area contributed by atoms with Crippen molar-refractivity contribution in [2.45, 2.75) is 210 Å². The average molecular weight is 1390 g/mol. The van der Waals surface area contributed by atoms with Gasteiger partial charge in [0, 0.05) is 108 Å². The number of Topliss-reactive ketones (excluding diaryl/α,β-unsaturated/α-hetero) is 3. The predicted molar refractivity (Wildman–Crippen MR) is 320 cm³/mol. The molecule has 4 aliphatic heterocycles. The number of nitrogens with one attached hydrogen (secondary N) is 5. The van der Waals surface area contributed by atoms with E-state index in [2.05, 4.69) is 26.6 Å². The molecular formula is C58H100N5O31P. The third-order valence-corrected chi connectivity index (χ3v) is 16.5. The molecule has 5 amide bonds. The number of ether oxygens (including phenoxy) is 11. The molecule has 0 spiro atoms. The number of carbonyl (C=O) groups excluding carboxylic acids is 8. The van der Waals surface area contributed by atoms with Crippen LogP contribution >= 0.6 is 7.60 Å². The molecule has 0 aromatic carbocycles. The number of unbranched alkanes of at least 4 members (excludes halogenated alkanes) is 1. The maximum absolute atomic E-state index is 13.2. The largest absolute Gasteiger partial charge is 0.390 e. The standard InChI is InChI=1S/C58H100N5O31P/c1-31-43(72)46(75)51(78)91-54(31)85-24-14-36(65)10-8-9-35(64)13-23-83-49-34(4)57(88-28-21-62-42(71)29-41(70)59-18-6-7-22-90-95(5,81)82)94-58(87-27-17-40(69)60-19-11-37(66)15-25-86-55-32(2)44(73)47(76)52(79)92-55)50(49)84-26-16-39(68)61-20-12-38(67)63-30-89-56-33(3)45(74)48(77)53(80)93-56/h31-34,43-58,72-80H,6-30H2,1-5H3,(H,59,70)(H,60,69)(H,61,68)(H,62,71)(H,63,67)(H,81,82)/t31-,32-,33-,34-,43+,44+,45+,46?,47?,48?,49+,50?,51?,52?,53?,54?,55?,56?,57?,58?/m0/s1. The Morgan fingerprint density at radius 2 is 0.747 bits per heavy atom. The van der Waals surface area contributed by atoms with E-state index in [1.165, 1.54) is 13.8 Å². The Morgan fingerprint density at radius 3 is 1.26 bits per heavy atom. The minimum atomic E-state index is -3.64. The average Bonchev–Trinajstić information content (AvgIpc) is 0.820. The summed E-state index contributed by atoms with van der Waals surface area (Å²) in [6.07, 6.45) is -22.6. The van der Waals surface area contributed by atoms with E-state index in [1.54, 1.807) is 13.8 Å². The lowest BCUT2D eigenvalue weighted by Crippen LogP contribution is -2.57. The van der Waals surface area contributed by atoms with Crippen molar-refractivity contribution in [2.24, 2.45) is 23.7 Å². The molecule has 4 aliphatic rings. The molecule has 13 unspecified atom stereocenters. The molecular weight excluding hydrogens is 1290 g/mol. The second-order valence-electron chi connectivity index (χ2n) is 23.6. The highest BCUT2D eigenvalue weighted by Gasteiger charge is 2.48. The number of hydrogen-bond acceptors (Lipinski definition) is 30. The van der Waals surface area contributed by atoms with Gasteiger partial charge in [-0.1, -0.05) is 27.7 Å². The van der Waals surface area contributed by atoms with E-state index in [-0.39, 0.29) is 154 Å². The highest BCUT2D eigenvalue weighted by atomic mass is 31.2. The fourth-order valence-corrected chi connectivity index (χ4v) is 10.4. The van der Waals surface area contributed by atoms with Crippen LogP contribution in [0.1, 0.15) is 111 Å². The molecule has 0 aromatic heterocycles. The SMILES string of the molecule is C[C@@H]1C(OCCC(=O)CCCC(=O)CCO[C@H]2C(OCCC(=O)NCCC(=O)NCOC3OC(O)C(O)[C@H](O)[C@@H]3C)C(OCCC(=O)NCCC(=O)CCOC3OC(O)C(O)[C@H](O)[C@@H]3C)OC(OCCNC(=O)CC(=O)NCCCCOP(C)(=O)O)[C@H]2C)OC(O)C(O)[C@@H]1O. The number of amides is 5. The number of ketones is 3. The van der Waals surface area contributed by atoms with Crippen LogP contribution in [0.2, 0.25) is 0 Å². The molecule has 548 valence electrons. The summed E-state index contributed by atoms with van der Waals surface area (Å²) in [7, 11) is -3.64. The van der Waals surface area contributed by atoms with Gasteiger partial charge in [0.25, 0.3) is 0 Å². The second-order valence-corrected chi connectivity index (χ2v) is 25.5. The number of rotatable bonds is 45. The maximum Gasteiger partial charge on any atom is 0.325 e. The van der Waals surface area contributed by atoms with Crippen LogP contribution < -0.4 is 26.6 Å². The summed E-state index contributed by atoms with van der Waals surface area (Å²) in [5.74, 6) is -6.64. The lowest BCUT2D eigenvalue weighted by atomic mass is 9.95. The van der Waals surface area contributed by atoms with Crippen LogP contribution in [0.4, 0.5) is 0 Å².